The van der Waals surface area contributed by atoms with E-state index in [1.165, 1.54) is 4.90 Å². The number of amides is 3. The highest BCUT2D eigenvalue weighted by atomic mass is 16.4. The maximum atomic E-state index is 12.5. The lowest BCUT2D eigenvalue weighted by molar-refractivity contribution is -0.142. The molecule has 29 heavy (non-hydrogen) atoms. The molecule has 1 fully saturated rings. The standard InChI is InChI=1S/C19H35N5O5/c1-12(2)10-13(21)18(27)24-9-5-7-15(24)17(26)22-11-16(25)23-14(19(28)29)6-3-4-8-20/h12-15H,3-11,20-21H2,1-2H3,(H,22,26)(H,23,25)(H,28,29). The number of carboxylic acid groups (broad SMARTS) is 1. The van der Waals surface area contributed by atoms with E-state index in [1.807, 2.05) is 13.8 Å². The summed E-state index contributed by atoms with van der Waals surface area (Å²) in [6.45, 7) is 4.50. The molecule has 1 heterocycles. The molecule has 0 aliphatic carbocycles. The van der Waals surface area contributed by atoms with Gasteiger partial charge in [-0.25, -0.2) is 4.79 Å². The predicted molar refractivity (Wildman–Crippen MR) is 108 cm³/mol. The number of hydrogen-bond donors (Lipinski definition) is 5. The maximum absolute atomic E-state index is 12.5. The van der Waals surface area contributed by atoms with Crippen LogP contribution in [0.4, 0.5) is 0 Å². The summed E-state index contributed by atoms with van der Waals surface area (Å²) in [7, 11) is 0. The number of unbranched alkanes of at least 4 members (excludes halogenated alkanes) is 1. The average Bonchev–Trinajstić information content (AvgIpc) is 3.13. The van der Waals surface area contributed by atoms with Gasteiger partial charge in [0, 0.05) is 6.54 Å². The van der Waals surface area contributed by atoms with Crippen molar-refractivity contribution < 1.29 is 24.3 Å². The van der Waals surface area contributed by atoms with Gasteiger partial charge in [-0.15, -0.1) is 0 Å². The van der Waals surface area contributed by atoms with Crippen LogP contribution in [0.15, 0.2) is 0 Å². The number of nitrogens with zero attached hydrogens (tertiary/aromatic N) is 1. The molecule has 0 spiro atoms. The number of carboxylic acids is 1. The zero-order chi connectivity index (χ0) is 22.0. The fourth-order valence-corrected chi connectivity index (χ4v) is 3.41. The van der Waals surface area contributed by atoms with E-state index in [0.717, 1.165) is 0 Å². The molecule has 3 atom stereocenters. The van der Waals surface area contributed by atoms with Crippen LogP contribution in [-0.4, -0.2) is 71.5 Å². The highest BCUT2D eigenvalue weighted by Gasteiger charge is 2.36. The number of hydrogen-bond acceptors (Lipinski definition) is 6. The first kappa shape index (κ1) is 24.8. The summed E-state index contributed by atoms with van der Waals surface area (Å²) in [6, 6.07) is -2.34. The van der Waals surface area contributed by atoms with Crippen LogP contribution in [0.2, 0.25) is 0 Å². The van der Waals surface area contributed by atoms with E-state index in [0.29, 0.717) is 45.2 Å². The van der Waals surface area contributed by atoms with E-state index in [4.69, 9.17) is 11.5 Å². The van der Waals surface area contributed by atoms with Gasteiger partial charge in [0.2, 0.25) is 17.7 Å². The average molecular weight is 414 g/mol. The third kappa shape index (κ3) is 8.36. The minimum absolute atomic E-state index is 0.258. The Morgan fingerprint density at radius 1 is 1.21 bits per heavy atom. The topological polar surface area (TPSA) is 168 Å². The maximum Gasteiger partial charge on any atom is 0.326 e. The van der Waals surface area contributed by atoms with Crippen molar-refractivity contribution in [1.82, 2.24) is 15.5 Å². The first-order valence-corrected chi connectivity index (χ1v) is 10.2. The van der Waals surface area contributed by atoms with Gasteiger partial charge >= 0.3 is 5.97 Å². The molecule has 0 bridgehead atoms. The van der Waals surface area contributed by atoms with Gasteiger partial charge in [-0.3, -0.25) is 14.4 Å². The Labute approximate surface area is 171 Å². The highest BCUT2D eigenvalue weighted by molar-refractivity contribution is 5.93. The molecule has 0 aromatic carbocycles. The summed E-state index contributed by atoms with van der Waals surface area (Å²) >= 11 is 0. The highest BCUT2D eigenvalue weighted by Crippen LogP contribution is 2.19. The molecule has 10 nitrogen and oxygen atoms in total. The number of likely N-dealkylation sites (tertiary alicyclic amines) is 1. The van der Waals surface area contributed by atoms with Gasteiger partial charge in [-0.05, 0) is 51.0 Å². The molecule has 1 aliphatic heterocycles. The Balaban J connectivity index is 2.54. The van der Waals surface area contributed by atoms with Crippen LogP contribution in [0.25, 0.3) is 0 Å². The van der Waals surface area contributed by atoms with Crippen molar-refractivity contribution in [3.63, 3.8) is 0 Å². The zero-order valence-corrected chi connectivity index (χ0v) is 17.4. The van der Waals surface area contributed by atoms with Gasteiger partial charge in [0.25, 0.3) is 0 Å². The van der Waals surface area contributed by atoms with E-state index >= 15 is 0 Å². The van der Waals surface area contributed by atoms with Crippen LogP contribution in [-0.2, 0) is 19.2 Å². The number of rotatable bonds is 12. The van der Waals surface area contributed by atoms with E-state index in [-0.39, 0.29) is 24.8 Å². The molecule has 0 saturated carbocycles. The molecular formula is C19H35N5O5. The van der Waals surface area contributed by atoms with Crippen molar-refractivity contribution in [3.8, 4) is 0 Å². The van der Waals surface area contributed by atoms with Gasteiger partial charge in [0.1, 0.15) is 12.1 Å². The first-order chi connectivity index (χ1) is 13.7. The monoisotopic (exact) mass is 413 g/mol. The predicted octanol–water partition coefficient (Wildman–Crippen LogP) is -0.835. The van der Waals surface area contributed by atoms with Crippen LogP contribution < -0.4 is 22.1 Å². The van der Waals surface area contributed by atoms with E-state index in [2.05, 4.69) is 10.6 Å². The Kier molecular flexibility index (Phi) is 10.6. The minimum Gasteiger partial charge on any atom is -0.480 e. The molecule has 7 N–H and O–H groups in total. The fourth-order valence-electron chi connectivity index (χ4n) is 3.41. The normalized spacial score (nSPS) is 18.4. The van der Waals surface area contributed by atoms with Gasteiger partial charge in [0.05, 0.1) is 12.6 Å². The Morgan fingerprint density at radius 2 is 1.90 bits per heavy atom. The Hall–Kier alpha value is -2.20. The molecule has 1 aliphatic rings. The Bertz CT molecular complexity index is 583. The van der Waals surface area contributed by atoms with Crippen LogP contribution in [0.3, 0.4) is 0 Å². The molecular weight excluding hydrogens is 378 g/mol. The molecule has 3 unspecified atom stereocenters. The van der Waals surface area contributed by atoms with Crippen molar-refractivity contribution in [3.05, 3.63) is 0 Å². The summed E-state index contributed by atoms with van der Waals surface area (Å²) in [5, 5.41) is 14.1. The summed E-state index contributed by atoms with van der Waals surface area (Å²) in [5.41, 5.74) is 11.4. The fraction of sp³-hybridized carbons (Fsp3) is 0.789. The lowest BCUT2D eigenvalue weighted by atomic mass is 10.0. The third-order valence-electron chi connectivity index (χ3n) is 4.88. The van der Waals surface area contributed by atoms with Crippen molar-refractivity contribution >= 4 is 23.7 Å². The van der Waals surface area contributed by atoms with Crippen molar-refractivity contribution in [2.24, 2.45) is 17.4 Å². The lowest BCUT2D eigenvalue weighted by Gasteiger charge is -2.27. The molecule has 0 radical (unpaired) electrons. The zero-order valence-electron chi connectivity index (χ0n) is 17.4. The second-order valence-corrected chi connectivity index (χ2v) is 7.89. The largest absolute Gasteiger partial charge is 0.480 e. The number of carbonyl (C=O) groups is 4. The number of nitrogens with one attached hydrogen (secondary N) is 2. The van der Waals surface area contributed by atoms with Crippen molar-refractivity contribution in [1.29, 1.82) is 0 Å². The van der Waals surface area contributed by atoms with Gasteiger partial charge in [-0.2, -0.15) is 0 Å². The molecule has 1 rings (SSSR count). The summed E-state index contributed by atoms with van der Waals surface area (Å²) in [6.07, 6.45) is 3.24. The van der Waals surface area contributed by atoms with Gasteiger partial charge in [0.15, 0.2) is 0 Å². The number of aliphatic carboxylic acids is 1. The van der Waals surface area contributed by atoms with Crippen molar-refractivity contribution in [2.75, 3.05) is 19.6 Å². The van der Waals surface area contributed by atoms with Crippen molar-refractivity contribution in [2.45, 2.75) is 70.5 Å². The summed E-state index contributed by atoms with van der Waals surface area (Å²) in [5.74, 6) is -2.15. The summed E-state index contributed by atoms with van der Waals surface area (Å²) in [4.78, 5) is 49.8. The molecule has 0 aromatic heterocycles. The van der Waals surface area contributed by atoms with E-state index in [9.17, 15) is 24.3 Å². The Morgan fingerprint density at radius 3 is 2.48 bits per heavy atom. The molecule has 3 amide bonds. The van der Waals surface area contributed by atoms with E-state index < -0.39 is 35.9 Å². The molecule has 166 valence electrons. The van der Waals surface area contributed by atoms with Gasteiger partial charge < -0.3 is 32.1 Å². The SMILES string of the molecule is CC(C)CC(N)C(=O)N1CCCC1C(=O)NCC(=O)NC(CCCCN)C(=O)O. The van der Waals surface area contributed by atoms with Crippen LogP contribution in [0.1, 0.15) is 52.4 Å². The number of carbonyl (C=O) groups excluding carboxylic acids is 3. The number of nitrogens with two attached hydrogens (primary N) is 2. The lowest BCUT2D eigenvalue weighted by Crippen LogP contribution is -2.53. The molecule has 1 saturated heterocycles. The third-order valence-corrected chi connectivity index (χ3v) is 4.88. The summed E-state index contributed by atoms with van der Waals surface area (Å²) < 4.78 is 0. The van der Waals surface area contributed by atoms with E-state index in [1.54, 1.807) is 0 Å². The molecule has 0 aromatic rings. The second kappa shape index (κ2) is 12.4. The van der Waals surface area contributed by atoms with Crippen LogP contribution >= 0.6 is 0 Å². The van der Waals surface area contributed by atoms with Crippen LogP contribution in [0, 0.1) is 5.92 Å². The van der Waals surface area contributed by atoms with Gasteiger partial charge in [-0.1, -0.05) is 13.8 Å². The minimum atomic E-state index is -1.13. The second-order valence-electron chi connectivity index (χ2n) is 7.89. The first-order valence-electron chi connectivity index (χ1n) is 10.2. The van der Waals surface area contributed by atoms with Crippen LogP contribution in [0.5, 0.6) is 0 Å². The smallest absolute Gasteiger partial charge is 0.326 e. The molecule has 10 heteroatoms. The quantitative estimate of drug-likeness (QED) is 0.260.